The van der Waals surface area contributed by atoms with Crippen LogP contribution in [0.4, 0.5) is 4.39 Å². The van der Waals surface area contributed by atoms with Gasteiger partial charge >= 0.3 is 0 Å². The maximum Gasteiger partial charge on any atom is 0.273 e. The van der Waals surface area contributed by atoms with E-state index in [1.807, 2.05) is 12.1 Å². The second-order valence-corrected chi connectivity index (χ2v) is 4.94. The number of rotatable bonds is 5. The number of aromatic nitrogens is 2. The van der Waals surface area contributed by atoms with Crippen molar-refractivity contribution in [1.29, 1.82) is 0 Å². The van der Waals surface area contributed by atoms with Gasteiger partial charge in [0.2, 0.25) is 0 Å². The van der Waals surface area contributed by atoms with Crippen LogP contribution >= 0.6 is 0 Å². The average molecular weight is 311 g/mol. The highest BCUT2D eigenvalue weighted by Gasteiger charge is 2.13. The Morgan fingerprint density at radius 3 is 2.61 bits per heavy atom. The van der Waals surface area contributed by atoms with Crippen molar-refractivity contribution < 1.29 is 13.7 Å². The molecule has 6 heteroatoms. The summed E-state index contributed by atoms with van der Waals surface area (Å²) in [6.07, 6.45) is 4.13. The molecule has 2 heterocycles. The maximum atomic E-state index is 12.9. The van der Waals surface area contributed by atoms with Gasteiger partial charge in [-0.25, -0.2) is 4.39 Å². The van der Waals surface area contributed by atoms with Crippen LogP contribution < -0.4 is 5.32 Å². The van der Waals surface area contributed by atoms with E-state index in [1.54, 1.807) is 24.5 Å². The Morgan fingerprint density at radius 1 is 1.13 bits per heavy atom. The van der Waals surface area contributed by atoms with E-state index in [1.165, 1.54) is 18.2 Å². The van der Waals surface area contributed by atoms with Gasteiger partial charge in [-0.15, -0.1) is 0 Å². The van der Waals surface area contributed by atoms with Crippen molar-refractivity contribution in [2.24, 2.45) is 0 Å². The maximum absolute atomic E-state index is 12.9. The molecule has 5 nitrogen and oxygen atoms in total. The molecule has 0 saturated heterocycles. The van der Waals surface area contributed by atoms with Crippen molar-refractivity contribution in [3.8, 4) is 11.3 Å². The molecule has 116 valence electrons. The highest BCUT2D eigenvalue weighted by molar-refractivity contribution is 5.93. The molecule has 1 aromatic carbocycles. The van der Waals surface area contributed by atoms with Crippen molar-refractivity contribution >= 4 is 5.91 Å². The van der Waals surface area contributed by atoms with Gasteiger partial charge < -0.3 is 9.84 Å². The SMILES string of the molecule is O=C(NCCc1ccncc1)c1cc(-c2ccc(F)cc2)on1. The average Bonchev–Trinajstić information content (AvgIpc) is 3.06. The van der Waals surface area contributed by atoms with E-state index in [0.29, 0.717) is 24.3 Å². The molecule has 0 saturated carbocycles. The Hall–Kier alpha value is -3.02. The first-order valence-corrected chi connectivity index (χ1v) is 7.12. The molecule has 23 heavy (non-hydrogen) atoms. The zero-order valence-electron chi connectivity index (χ0n) is 12.2. The fourth-order valence-electron chi connectivity index (χ4n) is 2.09. The Balaban J connectivity index is 1.59. The minimum atomic E-state index is -0.331. The summed E-state index contributed by atoms with van der Waals surface area (Å²) in [5.74, 6) is -0.220. The van der Waals surface area contributed by atoms with Gasteiger partial charge in [0.25, 0.3) is 5.91 Å². The van der Waals surface area contributed by atoms with Gasteiger partial charge in [0, 0.05) is 30.6 Å². The van der Waals surface area contributed by atoms with Crippen LogP contribution in [0.15, 0.2) is 59.4 Å². The number of carbonyl (C=O) groups excluding carboxylic acids is 1. The number of halogens is 1. The summed E-state index contributed by atoms with van der Waals surface area (Å²) >= 11 is 0. The lowest BCUT2D eigenvalue weighted by Gasteiger charge is -2.02. The molecule has 1 amide bonds. The molecular formula is C17H14FN3O2. The van der Waals surface area contributed by atoms with Gasteiger partial charge in [-0.05, 0) is 48.4 Å². The van der Waals surface area contributed by atoms with Gasteiger partial charge in [-0.1, -0.05) is 5.16 Å². The van der Waals surface area contributed by atoms with Crippen LogP contribution in [0.25, 0.3) is 11.3 Å². The van der Waals surface area contributed by atoms with E-state index < -0.39 is 0 Å². The van der Waals surface area contributed by atoms with E-state index in [9.17, 15) is 9.18 Å². The number of pyridine rings is 1. The minimum Gasteiger partial charge on any atom is -0.355 e. The molecule has 0 aliphatic heterocycles. The summed E-state index contributed by atoms with van der Waals surface area (Å²) in [6.45, 7) is 0.488. The van der Waals surface area contributed by atoms with Crippen LogP contribution in [0, 0.1) is 5.82 Å². The third-order valence-electron chi connectivity index (χ3n) is 3.32. The van der Waals surface area contributed by atoms with Crippen LogP contribution in [0.1, 0.15) is 16.1 Å². The van der Waals surface area contributed by atoms with Crippen LogP contribution in [-0.2, 0) is 6.42 Å². The standard InChI is InChI=1S/C17H14FN3O2/c18-14-3-1-13(2-4-14)16-11-15(21-23-16)17(22)20-10-7-12-5-8-19-9-6-12/h1-6,8-9,11H,7,10H2,(H,20,22). The molecule has 3 rings (SSSR count). The fraction of sp³-hybridized carbons (Fsp3) is 0.118. The highest BCUT2D eigenvalue weighted by Crippen LogP contribution is 2.20. The molecule has 0 bridgehead atoms. The molecule has 0 spiro atoms. The van der Waals surface area contributed by atoms with Crippen LogP contribution in [0.2, 0.25) is 0 Å². The first-order chi connectivity index (χ1) is 11.2. The molecule has 0 atom stereocenters. The van der Waals surface area contributed by atoms with E-state index in [4.69, 9.17) is 4.52 Å². The summed E-state index contributed by atoms with van der Waals surface area (Å²) in [4.78, 5) is 16.0. The number of carbonyl (C=O) groups is 1. The predicted octanol–water partition coefficient (Wildman–Crippen LogP) is 2.85. The first-order valence-electron chi connectivity index (χ1n) is 7.12. The lowest BCUT2D eigenvalue weighted by atomic mass is 10.1. The van der Waals surface area contributed by atoms with E-state index in [0.717, 1.165) is 5.56 Å². The van der Waals surface area contributed by atoms with Crippen molar-refractivity contribution in [3.63, 3.8) is 0 Å². The van der Waals surface area contributed by atoms with Crippen LogP contribution in [0.3, 0.4) is 0 Å². The predicted molar refractivity (Wildman–Crippen MR) is 82.2 cm³/mol. The summed E-state index contributed by atoms with van der Waals surface area (Å²) in [6, 6.07) is 11.1. The van der Waals surface area contributed by atoms with Gasteiger partial charge in [-0.2, -0.15) is 0 Å². The highest BCUT2D eigenvalue weighted by atomic mass is 19.1. The second kappa shape index (κ2) is 6.83. The van der Waals surface area contributed by atoms with Crippen LogP contribution in [-0.4, -0.2) is 22.6 Å². The van der Waals surface area contributed by atoms with E-state index in [2.05, 4.69) is 15.5 Å². The molecular weight excluding hydrogens is 297 g/mol. The Bertz CT molecular complexity index is 785. The Morgan fingerprint density at radius 2 is 1.87 bits per heavy atom. The number of hydrogen-bond donors (Lipinski definition) is 1. The summed E-state index contributed by atoms with van der Waals surface area (Å²) in [5.41, 5.74) is 1.95. The first kappa shape index (κ1) is 14.9. The summed E-state index contributed by atoms with van der Waals surface area (Å²) in [7, 11) is 0. The molecule has 1 N–H and O–H groups in total. The normalized spacial score (nSPS) is 10.5. The molecule has 0 fully saturated rings. The Labute approximate surface area is 132 Å². The molecule has 0 unspecified atom stereocenters. The fourth-order valence-corrected chi connectivity index (χ4v) is 2.09. The van der Waals surface area contributed by atoms with Crippen molar-refractivity contribution in [1.82, 2.24) is 15.5 Å². The topological polar surface area (TPSA) is 68.0 Å². The zero-order valence-corrected chi connectivity index (χ0v) is 12.2. The van der Waals surface area contributed by atoms with E-state index in [-0.39, 0.29) is 17.4 Å². The van der Waals surface area contributed by atoms with Crippen LogP contribution in [0.5, 0.6) is 0 Å². The van der Waals surface area contributed by atoms with Gasteiger partial charge in [-0.3, -0.25) is 9.78 Å². The summed E-state index contributed by atoms with van der Waals surface area (Å²) in [5, 5.41) is 6.53. The van der Waals surface area contributed by atoms with Crippen molar-refractivity contribution in [2.45, 2.75) is 6.42 Å². The van der Waals surface area contributed by atoms with Crippen molar-refractivity contribution in [3.05, 3.63) is 71.9 Å². The lowest BCUT2D eigenvalue weighted by molar-refractivity contribution is 0.0945. The number of nitrogens with zero attached hydrogens (tertiary/aromatic N) is 2. The zero-order chi connectivity index (χ0) is 16.1. The number of amides is 1. The van der Waals surface area contributed by atoms with Gasteiger partial charge in [0.1, 0.15) is 5.82 Å². The minimum absolute atomic E-state index is 0.194. The molecule has 0 radical (unpaired) electrons. The third kappa shape index (κ3) is 3.79. The Kier molecular flexibility index (Phi) is 4.42. The molecule has 2 aromatic heterocycles. The molecule has 0 aliphatic carbocycles. The van der Waals surface area contributed by atoms with Crippen molar-refractivity contribution in [2.75, 3.05) is 6.54 Å². The number of hydrogen-bond acceptors (Lipinski definition) is 4. The third-order valence-corrected chi connectivity index (χ3v) is 3.32. The van der Waals surface area contributed by atoms with Gasteiger partial charge in [0.15, 0.2) is 11.5 Å². The second-order valence-electron chi connectivity index (χ2n) is 4.94. The quantitative estimate of drug-likeness (QED) is 0.786. The van der Waals surface area contributed by atoms with Gasteiger partial charge in [0.05, 0.1) is 0 Å². The van der Waals surface area contributed by atoms with E-state index >= 15 is 0 Å². The largest absolute Gasteiger partial charge is 0.355 e. The molecule has 3 aromatic rings. The monoisotopic (exact) mass is 311 g/mol. The summed E-state index contributed by atoms with van der Waals surface area (Å²) < 4.78 is 18.0. The number of benzene rings is 1. The smallest absolute Gasteiger partial charge is 0.273 e. The lowest BCUT2D eigenvalue weighted by Crippen LogP contribution is -2.25. The molecule has 0 aliphatic rings. The number of nitrogens with one attached hydrogen (secondary N) is 1.